The first-order valence-electron chi connectivity index (χ1n) is 5.08. The van der Waals surface area contributed by atoms with Crippen molar-refractivity contribution < 1.29 is 8.78 Å². The van der Waals surface area contributed by atoms with Gasteiger partial charge in [0.1, 0.15) is 11.6 Å². The van der Waals surface area contributed by atoms with Crippen LogP contribution >= 0.6 is 0 Å². The molecule has 80 valence electrons. The van der Waals surface area contributed by atoms with Gasteiger partial charge >= 0.3 is 0 Å². The van der Waals surface area contributed by atoms with Crippen molar-refractivity contribution in [3.8, 4) is 0 Å². The molecule has 15 heavy (non-hydrogen) atoms. The van der Waals surface area contributed by atoms with E-state index < -0.39 is 5.82 Å². The van der Waals surface area contributed by atoms with E-state index in [0.717, 1.165) is 37.0 Å². The molecule has 3 heteroatoms. The Hall–Kier alpha value is -1.22. The van der Waals surface area contributed by atoms with Gasteiger partial charge in [-0.25, -0.2) is 8.78 Å². The first-order valence-corrected chi connectivity index (χ1v) is 5.08. The second-order valence-electron chi connectivity index (χ2n) is 3.87. The summed E-state index contributed by atoms with van der Waals surface area (Å²) in [5.74, 6) is -0.789. The molecule has 1 aromatic rings. The SMILES string of the molecule is NC1C=C(c2cc(F)ccc2F)CCC1. The van der Waals surface area contributed by atoms with Crippen LogP contribution in [0.3, 0.4) is 0 Å². The number of hydrogen-bond donors (Lipinski definition) is 1. The van der Waals surface area contributed by atoms with Gasteiger partial charge in [0.05, 0.1) is 0 Å². The van der Waals surface area contributed by atoms with Crippen molar-refractivity contribution >= 4 is 5.57 Å². The van der Waals surface area contributed by atoms with Gasteiger partial charge in [-0.05, 0) is 43.0 Å². The first-order chi connectivity index (χ1) is 7.16. The Labute approximate surface area is 87.6 Å². The highest BCUT2D eigenvalue weighted by atomic mass is 19.1. The molecule has 0 saturated carbocycles. The molecule has 0 aliphatic heterocycles. The fraction of sp³-hybridized carbons (Fsp3) is 0.333. The van der Waals surface area contributed by atoms with Crippen LogP contribution in [0.1, 0.15) is 24.8 Å². The van der Waals surface area contributed by atoms with Crippen LogP contribution in [0.25, 0.3) is 5.57 Å². The Bertz CT molecular complexity index is 399. The third-order valence-corrected chi connectivity index (χ3v) is 2.67. The lowest BCUT2D eigenvalue weighted by molar-refractivity contribution is 0.592. The molecule has 0 heterocycles. The summed E-state index contributed by atoms with van der Waals surface area (Å²) in [6.45, 7) is 0. The number of benzene rings is 1. The zero-order valence-corrected chi connectivity index (χ0v) is 8.34. The maximum Gasteiger partial charge on any atom is 0.130 e. The minimum Gasteiger partial charge on any atom is -0.324 e. The highest BCUT2D eigenvalue weighted by Gasteiger charge is 2.14. The molecule has 1 aromatic carbocycles. The van der Waals surface area contributed by atoms with Gasteiger partial charge in [0.25, 0.3) is 0 Å². The molecule has 0 fully saturated rings. The molecule has 1 aliphatic carbocycles. The van der Waals surface area contributed by atoms with Gasteiger partial charge in [-0.15, -0.1) is 0 Å². The van der Waals surface area contributed by atoms with Crippen LogP contribution in [0.15, 0.2) is 24.3 Å². The molecule has 0 spiro atoms. The lowest BCUT2D eigenvalue weighted by Gasteiger charge is -2.18. The third kappa shape index (κ3) is 2.23. The Balaban J connectivity index is 2.40. The standard InChI is InChI=1S/C12H13F2N/c13-9-4-5-12(14)11(7-9)8-2-1-3-10(15)6-8/h4-7,10H,1-3,15H2. The number of halogens is 2. The average molecular weight is 209 g/mol. The summed E-state index contributed by atoms with van der Waals surface area (Å²) in [4.78, 5) is 0. The van der Waals surface area contributed by atoms with E-state index in [-0.39, 0.29) is 11.9 Å². The number of hydrogen-bond acceptors (Lipinski definition) is 1. The van der Waals surface area contributed by atoms with E-state index in [9.17, 15) is 8.78 Å². The minimum atomic E-state index is -0.411. The van der Waals surface area contributed by atoms with E-state index in [1.54, 1.807) is 0 Å². The predicted octanol–water partition coefficient (Wildman–Crippen LogP) is 2.86. The van der Waals surface area contributed by atoms with Crippen molar-refractivity contribution in [1.29, 1.82) is 0 Å². The molecule has 2 rings (SSSR count). The van der Waals surface area contributed by atoms with Gasteiger partial charge in [-0.2, -0.15) is 0 Å². The Kier molecular flexibility index (Phi) is 2.82. The normalized spacial score (nSPS) is 21.3. The lowest BCUT2D eigenvalue weighted by Crippen LogP contribution is -2.20. The van der Waals surface area contributed by atoms with E-state index in [1.807, 2.05) is 6.08 Å². The highest BCUT2D eigenvalue weighted by molar-refractivity contribution is 5.67. The largest absolute Gasteiger partial charge is 0.324 e. The summed E-state index contributed by atoms with van der Waals surface area (Å²) in [6.07, 6.45) is 4.46. The number of nitrogens with two attached hydrogens (primary N) is 1. The molecule has 0 aromatic heterocycles. The van der Waals surface area contributed by atoms with Crippen LogP contribution in [-0.4, -0.2) is 6.04 Å². The third-order valence-electron chi connectivity index (χ3n) is 2.67. The molecular weight excluding hydrogens is 196 g/mol. The summed E-state index contributed by atoms with van der Waals surface area (Å²) in [5, 5.41) is 0. The predicted molar refractivity (Wildman–Crippen MR) is 56.2 cm³/mol. The van der Waals surface area contributed by atoms with Crippen molar-refractivity contribution in [3.05, 3.63) is 41.5 Å². The summed E-state index contributed by atoms with van der Waals surface area (Å²) in [6, 6.07) is 3.49. The van der Waals surface area contributed by atoms with Gasteiger partial charge in [0, 0.05) is 11.6 Å². The number of rotatable bonds is 1. The first kappa shape index (κ1) is 10.3. The molecule has 2 N–H and O–H groups in total. The average Bonchev–Trinajstić information content (AvgIpc) is 2.22. The van der Waals surface area contributed by atoms with Crippen LogP contribution < -0.4 is 5.73 Å². The van der Waals surface area contributed by atoms with E-state index in [2.05, 4.69) is 0 Å². The van der Waals surface area contributed by atoms with Crippen LogP contribution in [0.2, 0.25) is 0 Å². The van der Waals surface area contributed by atoms with Gasteiger partial charge in [0.15, 0.2) is 0 Å². The maximum absolute atomic E-state index is 13.4. The van der Waals surface area contributed by atoms with Crippen LogP contribution in [0.4, 0.5) is 8.78 Å². The van der Waals surface area contributed by atoms with Crippen LogP contribution in [-0.2, 0) is 0 Å². The monoisotopic (exact) mass is 209 g/mol. The van der Waals surface area contributed by atoms with Crippen LogP contribution in [0.5, 0.6) is 0 Å². The topological polar surface area (TPSA) is 26.0 Å². The van der Waals surface area contributed by atoms with Crippen molar-refractivity contribution in [2.75, 3.05) is 0 Å². The van der Waals surface area contributed by atoms with Gasteiger partial charge < -0.3 is 5.73 Å². The lowest BCUT2D eigenvalue weighted by atomic mass is 9.91. The molecule has 1 atom stereocenters. The van der Waals surface area contributed by atoms with E-state index in [4.69, 9.17) is 5.73 Å². The van der Waals surface area contributed by atoms with Gasteiger partial charge in [0.2, 0.25) is 0 Å². The van der Waals surface area contributed by atoms with Crippen molar-refractivity contribution in [1.82, 2.24) is 0 Å². The second kappa shape index (κ2) is 4.11. The molecule has 1 unspecified atom stereocenters. The van der Waals surface area contributed by atoms with E-state index >= 15 is 0 Å². The molecule has 1 aliphatic rings. The van der Waals surface area contributed by atoms with Gasteiger partial charge in [-0.3, -0.25) is 0 Å². The molecular formula is C12H13F2N. The molecule has 0 saturated heterocycles. The Morgan fingerprint density at radius 2 is 2.07 bits per heavy atom. The fourth-order valence-corrected chi connectivity index (χ4v) is 1.92. The Morgan fingerprint density at radius 3 is 2.80 bits per heavy atom. The summed E-state index contributed by atoms with van der Waals surface area (Å²) >= 11 is 0. The van der Waals surface area contributed by atoms with Crippen molar-refractivity contribution in [2.45, 2.75) is 25.3 Å². The van der Waals surface area contributed by atoms with E-state index in [1.165, 1.54) is 6.07 Å². The minimum absolute atomic E-state index is 0.0311. The molecule has 1 nitrogen and oxygen atoms in total. The smallest absolute Gasteiger partial charge is 0.130 e. The molecule has 0 bridgehead atoms. The zero-order valence-electron chi connectivity index (χ0n) is 8.34. The zero-order chi connectivity index (χ0) is 10.8. The summed E-state index contributed by atoms with van der Waals surface area (Å²) in [7, 11) is 0. The fourth-order valence-electron chi connectivity index (χ4n) is 1.92. The van der Waals surface area contributed by atoms with E-state index in [0.29, 0.717) is 5.56 Å². The van der Waals surface area contributed by atoms with Crippen molar-refractivity contribution in [2.24, 2.45) is 5.73 Å². The maximum atomic E-state index is 13.4. The quantitative estimate of drug-likeness (QED) is 0.756. The van der Waals surface area contributed by atoms with Crippen LogP contribution in [0, 0.1) is 11.6 Å². The number of allylic oxidation sites excluding steroid dienone is 1. The van der Waals surface area contributed by atoms with Crippen molar-refractivity contribution in [3.63, 3.8) is 0 Å². The van der Waals surface area contributed by atoms with Gasteiger partial charge in [-0.1, -0.05) is 6.08 Å². The second-order valence-corrected chi connectivity index (χ2v) is 3.87. The molecule has 0 radical (unpaired) electrons. The Morgan fingerprint density at radius 1 is 1.27 bits per heavy atom. The highest BCUT2D eigenvalue weighted by Crippen LogP contribution is 2.28. The summed E-state index contributed by atoms with van der Waals surface area (Å²) < 4.78 is 26.4. The summed E-state index contributed by atoms with van der Waals surface area (Å²) in [5.41, 5.74) is 6.93. The molecule has 0 amide bonds.